The van der Waals surface area contributed by atoms with Crippen molar-refractivity contribution >= 4 is 8.07 Å². The van der Waals surface area contributed by atoms with Crippen molar-refractivity contribution in [1.29, 1.82) is 0 Å². The number of aliphatic hydroxyl groups is 1. The molecule has 0 aromatic carbocycles. The van der Waals surface area contributed by atoms with Crippen molar-refractivity contribution in [1.82, 2.24) is 0 Å². The molecule has 2 aliphatic carbocycles. The molecule has 0 radical (unpaired) electrons. The van der Waals surface area contributed by atoms with Crippen molar-refractivity contribution in [2.24, 2.45) is 17.8 Å². The number of halogens is 5. The van der Waals surface area contributed by atoms with E-state index in [0.29, 0.717) is 12.3 Å². The molecule has 1 heterocycles. The average Bonchev–Trinajstić information content (AvgIpc) is 3.00. The Labute approximate surface area is 140 Å². The molecule has 3 fully saturated rings. The van der Waals surface area contributed by atoms with Crippen molar-refractivity contribution in [3.63, 3.8) is 0 Å². The predicted octanol–water partition coefficient (Wildman–Crippen LogP) is 5.05. The molecule has 2 nitrogen and oxygen atoms in total. The van der Waals surface area contributed by atoms with Gasteiger partial charge in [-0.05, 0) is 37.0 Å². The fraction of sp³-hybridized carbons (Fsp3) is 1.00. The Bertz CT molecular complexity index is 456. The number of alkyl halides is 5. The second kappa shape index (κ2) is 6.19. The molecule has 1 saturated heterocycles. The van der Waals surface area contributed by atoms with Crippen molar-refractivity contribution < 1.29 is 31.8 Å². The number of rotatable bonds is 1. The summed E-state index contributed by atoms with van der Waals surface area (Å²) in [6.07, 6.45) is -4.31. The van der Waals surface area contributed by atoms with Crippen LogP contribution >= 0.6 is 0 Å². The van der Waals surface area contributed by atoms with Crippen LogP contribution in [0.1, 0.15) is 32.1 Å². The first-order valence-corrected chi connectivity index (χ1v) is 12.5. The fourth-order valence-electron chi connectivity index (χ4n) is 4.00. The third kappa shape index (κ3) is 3.96. The van der Waals surface area contributed by atoms with E-state index < -0.39 is 38.5 Å². The molecule has 3 aliphatic rings. The minimum Gasteiger partial charge on any atom is -0.354 e. The maximum Gasteiger partial charge on any atom is 0.449 e. The molecule has 0 spiro atoms. The minimum atomic E-state index is -5.48. The first-order valence-electron chi connectivity index (χ1n) is 8.49. The molecular weight excluding hydrogens is 347 g/mol. The zero-order valence-electron chi connectivity index (χ0n) is 14.6. The SMILES string of the molecule is C[Si](C)(C)C.OC1(C(F)(F)F)OC(C2CC3CCC2C3)CC1(F)F. The van der Waals surface area contributed by atoms with Gasteiger partial charge >= 0.3 is 17.9 Å². The zero-order valence-corrected chi connectivity index (χ0v) is 15.6. The third-order valence-electron chi connectivity index (χ3n) is 4.93. The normalized spacial score (nSPS) is 41.2. The molecule has 1 N–H and O–H groups in total. The first-order chi connectivity index (χ1) is 10.6. The maximum absolute atomic E-state index is 13.5. The van der Waals surface area contributed by atoms with Crippen LogP contribution in [0.15, 0.2) is 0 Å². The standard InChI is InChI=1S/C12H15F5O2.C4H12Si/c13-10(14)5-9(19-11(10,18)12(15,16)17)8-4-6-1-2-7(8)3-6;1-5(2,3)4/h6-9,18H,1-5H2;1-4H3. The highest BCUT2D eigenvalue weighted by molar-refractivity contribution is 6.74. The Morgan fingerprint density at radius 2 is 1.58 bits per heavy atom. The lowest BCUT2D eigenvalue weighted by Gasteiger charge is -2.31. The van der Waals surface area contributed by atoms with Crippen molar-refractivity contribution in [3.05, 3.63) is 0 Å². The summed E-state index contributed by atoms with van der Waals surface area (Å²) in [6, 6.07) is 0. The summed E-state index contributed by atoms with van der Waals surface area (Å²) in [6.45, 7) is 9.31. The average molecular weight is 374 g/mol. The van der Waals surface area contributed by atoms with E-state index in [9.17, 15) is 27.1 Å². The van der Waals surface area contributed by atoms with Crippen molar-refractivity contribution in [2.75, 3.05) is 0 Å². The highest BCUT2D eigenvalue weighted by Gasteiger charge is 2.76. The van der Waals surface area contributed by atoms with Gasteiger partial charge in [-0.3, -0.25) is 0 Å². The van der Waals surface area contributed by atoms with Crippen molar-refractivity contribution in [2.45, 2.75) is 82.3 Å². The summed E-state index contributed by atoms with van der Waals surface area (Å²) < 4.78 is 69.4. The lowest BCUT2D eigenvalue weighted by molar-refractivity contribution is -0.408. The molecule has 5 atom stereocenters. The van der Waals surface area contributed by atoms with Crippen LogP contribution in [0.25, 0.3) is 0 Å². The molecule has 3 rings (SSSR count). The molecular formula is C16H27F5O2Si. The number of fused-ring (bicyclic) bond motifs is 2. The van der Waals surface area contributed by atoms with E-state index in [4.69, 9.17) is 0 Å². The summed E-state index contributed by atoms with van der Waals surface area (Å²) in [5.74, 6) is -8.29. The third-order valence-corrected chi connectivity index (χ3v) is 4.93. The second-order valence-electron chi connectivity index (χ2n) is 9.05. The highest BCUT2D eigenvalue weighted by Crippen LogP contribution is 2.57. The first kappa shape index (κ1) is 20.1. The molecule has 0 amide bonds. The van der Waals surface area contributed by atoms with Crippen LogP contribution in [0.5, 0.6) is 0 Å². The Kier molecular flexibility index (Phi) is 5.19. The summed E-state index contributed by atoms with van der Waals surface area (Å²) in [4.78, 5) is 0. The number of hydrogen-bond acceptors (Lipinski definition) is 2. The van der Waals surface area contributed by atoms with Gasteiger partial charge < -0.3 is 9.84 Å². The minimum absolute atomic E-state index is 0.168. The van der Waals surface area contributed by atoms with E-state index in [-0.39, 0.29) is 11.8 Å². The summed E-state index contributed by atoms with van der Waals surface area (Å²) in [5, 5.41) is 9.26. The van der Waals surface area contributed by atoms with Crippen LogP contribution in [-0.2, 0) is 4.74 Å². The molecule has 8 heteroatoms. The zero-order chi connectivity index (χ0) is 18.6. The van der Waals surface area contributed by atoms with Gasteiger partial charge in [-0.25, -0.2) is 8.78 Å². The van der Waals surface area contributed by atoms with Crippen LogP contribution in [0.4, 0.5) is 22.0 Å². The van der Waals surface area contributed by atoms with Gasteiger partial charge in [0.05, 0.1) is 6.10 Å². The lowest BCUT2D eigenvalue weighted by atomic mass is 9.83. The predicted molar refractivity (Wildman–Crippen MR) is 83.6 cm³/mol. The van der Waals surface area contributed by atoms with E-state index in [1.165, 1.54) is 0 Å². The highest BCUT2D eigenvalue weighted by atomic mass is 28.3. The van der Waals surface area contributed by atoms with Gasteiger partial charge in [0.25, 0.3) is 0 Å². The Morgan fingerprint density at radius 1 is 1.04 bits per heavy atom. The summed E-state index contributed by atoms with van der Waals surface area (Å²) in [7, 11) is -0.611. The summed E-state index contributed by atoms with van der Waals surface area (Å²) in [5.41, 5.74) is 0. The van der Waals surface area contributed by atoms with Gasteiger partial charge in [0.15, 0.2) is 0 Å². The van der Waals surface area contributed by atoms with Gasteiger partial charge in [0, 0.05) is 14.5 Å². The number of ether oxygens (including phenoxy) is 1. The Hall–Kier alpha value is -0.213. The van der Waals surface area contributed by atoms with E-state index in [0.717, 1.165) is 19.3 Å². The van der Waals surface area contributed by atoms with E-state index in [1.807, 2.05) is 0 Å². The fourth-order valence-corrected chi connectivity index (χ4v) is 4.00. The summed E-state index contributed by atoms with van der Waals surface area (Å²) >= 11 is 0. The van der Waals surface area contributed by atoms with E-state index >= 15 is 0 Å². The molecule has 0 aromatic rings. The molecule has 0 aromatic heterocycles. The molecule has 1 aliphatic heterocycles. The monoisotopic (exact) mass is 374 g/mol. The molecule has 5 unspecified atom stereocenters. The van der Waals surface area contributed by atoms with Crippen LogP contribution in [-0.4, -0.2) is 37.2 Å². The second-order valence-corrected chi connectivity index (χ2v) is 15.0. The van der Waals surface area contributed by atoms with Gasteiger partial charge in [-0.2, -0.15) is 13.2 Å². The topological polar surface area (TPSA) is 29.5 Å². The maximum atomic E-state index is 13.5. The Balaban J connectivity index is 0.000000368. The number of hydrogen-bond donors (Lipinski definition) is 1. The van der Waals surface area contributed by atoms with E-state index in [1.54, 1.807) is 0 Å². The smallest absolute Gasteiger partial charge is 0.354 e. The molecule has 142 valence electrons. The van der Waals surface area contributed by atoms with Crippen molar-refractivity contribution in [3.8, 4) is 0 Å². The molecule has 24 heavy (non-hydrogen) atoms. The Morgan fingerprint density at radius 3 is 1.92 bits per heavy atom. The quantitative estimate of drug-likeness (QED) is 0.514. The molecule has 2 saturated carbocycles. The largest absolute Gasteiger partial charge is 0.449 e. The molecule has 2 bridgehead atoms. The van der Waals surface area contributed by atoms with Gasteiger partial charge in [-0.1, -0.05) is 32.6 Å². The van der Waals surface area contributed by atoms with Crippen LogP contribution < -0.4 is 0 Å². The lowest BCUT2D eigenvalue weighted by Crippen LogP contribution is -2.56. The van der Waals surface area contributed by atoms with Crippen LogP contribution in [0, 0.1) is 17.8 Å². The van der Waals surface area contributed by atoms with Gasteiger partial charge in [0.2, 0.25) is 0 Å². The van der Waals surface area contributed by atoms with E-state index in [2.05, 4.69) is 30.9 Å². The van der Waals surface area contributed by atoms with Crippen LogP contribution in [0.2, 0.25) is 26.2 Å². The van der Waals surface area contributed by atoms with Gasteiger partial charge in [-0.15, -0.1) is 0 Å². The van der Waals surface area contributed by atoms with Crippen LogP contribution in [0.3, 0.4) is 0 Å². The van der Waals surface area contributed by atoms with Gasteiger partial charge in [0.1, 0.15) is 0 Å².